The molecule has 168 valence electrons. The van der Waals surface area contributed by atoms with Gasteiger partial charge >= 0.3 is 6.18 Å². The molecular formula is C22H22F3N5O2. The number of aromatic nitrogens is 3. The molecule has 0 aliphatic carbocycles. The molecule has 0 saturated carbocycles. The van der Waals surface area contributed by atoms with Crippen molar-refractivity contribution in [1.82, 2.24) is 19.7 Å². The van der Waals surface area contributed by atoms with Gasteiger partial charge in [0, 0.05) is 25.4 Å². The fraction of sp³-hybridized carbons (Fsp3) is 0.409. The highest BCUT2D eigenvalue weighted by Gasteiger charge is 2.48. The molecule has 1 amide bonds. The summed E-state index contributed by atoms with van der Waals surface area (Å²) in [5, 5.41) is 7.05. The molecule has 32 heavy (non-hydrogen) atoms. The molecule has 5 rings (SSSR count). The van der Waals surface area contributed by atoms with Crippen LogP contribution in [0.1, 0.15) is 65.5 Å². The van der Waals surface area contributed by atoms with Crippen molar-refractivity contribution in [2.75, 3.05) is 11.9 Å². The van der Waals surface area contributed by atoms with Gasteiger partial charge in [0.1, 0.15) is 17.1 Å². The summed E-state index contributed by atoms with van der Waals surface area (Å²) >= 11 is 0. The lowest BCUT2D eigenvalue weighted by Gasteiger charge is -2.37. The predicted octanol–water partition coefficient (Wildman–Crippen LogP) is 4.90. The highest BCUT2D eigenvalue weighted by atomic mass is 19.4. The monoisotopic (exact) mass is 445 g/mol. The molecule has 0 unspecified atom stereocenters. The average Bonchev–Trinajstić information content (AvgIpc) is 3.48. The van der Waals surface area contributed by atoms with E-state index in [-0.39, 0.29) is 29.8 Å². The van der Waals surface area contributed by atoms with E-state index in [0.29, 0.717) is 12.3 Å². The Hall–Kier alpha value is -3.30. The number of piperidine rings is 1. The van der Waals surface area contributed by atoms with Crippen molar-refractivity contribution in [3.05, 3.63) is 66.0 Å². The topological polar surface area (TPSA) is 76.2 Å². The van der Waals surface area contributed by atoms with Gasteiger partial charge in [-0.1, -0.05) is 6.07 Å². The first-order chi connectivity index (χ1) is 15.4. The molecule has 0 aromatic carbocycles. The first kappa shape index (κ1) is 20.6. The van der Waals surface area contributed by atoms with Gasteiger partial charge in [-0.3, -0.25) is 9.78 Å². The SMILES string of the molecule is O=C(c1cnn2c1N[C@@H](c1ccco1)C[C@@H]2C(F)(F)F)N1CCCC[C@@H]1c1cccnc1. The van der Waals surface area contributed by atoms with Gasteiger partial charge in [-0.2, -0.15) is 18.3 Å². The van der Waals surface area contributed by atoms with Crippen molar-refractivity contribution in [3.8, 4) is 0 Å². The number of nitrogens with one attached hydrogen (secondary N) is 1. The Bertz CT molecular complexity index is 1080. The van der Waals surface area contributed by atoms with Crippen molar-refractivity contribution in [1.29, 1.82) is 0 Å². The number of furan rings is 1. The Morgan fingerprint density at radius 1 is 1.19 bits per heavy atom. The molecule has 0 radical (unpaired) electrons. The van der Waals surface area contributed by atoms with E-state index >= 15 is 0 Å². The Kier molecular flexibility index (Phi) is 5.15. The Labute approximate surface area is 182 Å². The lowest BCUT2D eigenvalue weighted by molar-refractivity contribution is -0.174. The minimum atomic E-state index is -4.52. The summed E-state index contributed by atoms with van der Waals surface area (Å²) in [4.78, 5) is 19.5. The van der Waals surface area contributed by atoms with Crippen LogP contribution in [0, 0.1) is 0 Å². The molecule has 1 N–H and O–H groups in total. The summed E-state index contributed by atoms with van der Waals surface area (Å²) < 4.78 is 47.8. The molecular weight excluding hydrogens is 423 g/mol. The van der Waals surface area contributed by atoms with Crippen molar-refractivity contribution in [3.63, 3.8) is 0 Å². The minimum Gasteiger partial charge on any atom is -0.467 e. The van der Waals surface area contributed by atoms with Gasteiger partial charge in [0.2, 0.25) is 0 Å². The largest absolute Gasteiger partial charge is 0.467 e. The predicted molar refractivity (Wildman–Crippen MR) is 109 cm³/mol. The number of carbonyl (C=O) groups excluding carboxylic acids is 1. The Morgan fingerprint density at radius 2 is 2.06 bits per heavy atom. The second kappa shape index (κ2) is 7.99. The molecule has 3 aromatic rings. The van der Waals surface area contributed by atoms with Gasteiger partial charge in [-0.25, -0.2) is 4.68 Å². The number of pyridine rings is 1. The van der Waals surface area contributed by atoms with E-state index in [9.17, 15) is 18.0 Å². The van der Waals surface area contributed by atoms with Gasteiger partial charge in [0.05, 0.1) is 24.5 Å². The van der Waals surface area contributed by atoms with Crippen molar-refractivity contribution >= 4 is 11.7 Å². The second-order valence-electron chi connectivity index (χ2n) is 8.15. The third-order valence-corrected chi connectivity index (χ3v) is 6.19. The lowest BCUT2D eigenvalue weighted by atomic mass is 9.95. The van der Waals surface area contributed by atoms with Crippen LogP contribution in [0.15, 0.2) is 53.5 Å². The number of amides is 1. The molecule has 2 aliphatic heterocycles. The van der Waals surface area contributed by atoms with Gasteiger partial charge < -0.3 is 14.6 Å². The van der Waals surface area contributed by atoms with E-state index in [1.54, 1.807) is 29.4 Å². The van der Waals surface area contributed by atoms with E-state index in [1.165, 1.54) is 12.5 Å². The Morgan fingerprint density at radius 3 is 2.78 bits per heavy atom. The maximum atomic E-state index is 13.9. The molecule has 5 heterocycles. The van der Waals surface area contributed by atoms with Crippen molar-refractivity contribution < 1.29 is 22.4 Å². The van der Waals surface area contributed by atoms with Crippen LogP contribution in [-0.2, 0) is 0 Å². The maximum Gasteiger partial charge on any atom is 0.410 e. The number of halogens is 3. The zero-order valence-corrected chi connectivity index (χ0v) is 17.1. The molecule has 3 atom stereocenters. The van der Waals surface area contributed by atoms with Crippen LogP contribution in [0.5, 0.6) is 0 Å². The molecule has 2 aliphatic rings. The fourth-order valence-electron chi connectivity index (χ4n) is 4.64. The van der Waals surface area contributed by atoms with Crippen LogP contribution in [0.4, 0.5) is 19.0 Å². The van der Waals surface area contributed by atoms with E-state index < -0.39 is 18.3 Å². The molecule has 7 nitrogen and oxygen atoms in total. The number of hydrogen-bond acceptors (Lipinski definition) is 5. The van der Waals surface area contributed by atoms with E-state index in [2.05, 4.69) is 15.4 Å². The van der Waals surface area contributed by atoms with E-state index in [1.807, 2.05) is 12.1 Å². The number of hydrogen-bond donors (Lipinski definition) is 1. The summed E-state index contributed by atoms with van der Waals surface area (Å²) in [5.41, 5.74) is 1.04. The molecule has 1 fully saturated rings. The van der Waals surface area contributed by atoms with Crippen LogP contribution in [0.25, 0.3) is 0 Å². The molecule has 0 bridgehead atoms. The third-order valence-electron chi connectivity index (χ3n) is 6.19. The number of fused-ring (bicyclic) bond motifs is 1. The minimum absolute atomic E-state index is 0.0699. The van der Waals surface area contributed by atoms with E-state index in [0.717, 1.165) is 29.5 Å². The molecule has 10 heteroatoms. The zero-order valence-electron chi connectivity index (χ0n) is 17.1. The maximum absolute atomic E-state index is 13.9. The second-order valence-corrected chi connectivity index (χ2v) is 8.15. The van der Waals surface area contributed by atoms with Crippen LogP contribution >= 0.6 is 0 Å². The van der Waals surface area contributed by atoms with Crippen LogP contribution in [0.2, 0.25) is 0 Å². The first-order valence-corrected chi connectivity index (χ1v) is 10.6. The standard InChI is InChI=1S/C22H22F3N5O2/c23-22(24,25)19-11-16(18-7-4-10-32-18)28-20-15(13-27-30(19)20)21(31)29-9-2-1-6-17(29)14-5-3-8-26-12-14/h3-5,7-8,10,12-13,16-17,19,28H,1-2,6,9,11H2/t16-,17-,19-/m1/s1. The molecule has 0 spiro atoms. The first-order valence-electron chi connectivity index (χ1n) is 10.6. The average molecular weight is 445 g/mol. The summed E-state index contributed by atoms with van der Waals surface area (Å²) in [7, 11) is 0. The van der Waals surface area contributed by atoms with Crippen LogP contribution in [0.3, 0.4) is 0 Å². The summed E-state index contributed by atoms with van der Waals surface area (Å²) in [6.07, 6.45) is 3.83. The highest BCUT2D eigenvalue weighted by Crippen LogP contribution is 2.45. The summed E-state index contributed by atoms with van der Waals surface area (Å²) in [5.74, 6) is 0.116. The van der Waals surface area contributed by atoms with Gasteiger partial charge in [0.25, 0.3) is 5.91 Å². The van der Waals surface area contributed by atoms with E-state index in [4.69, 9.17) is 4.42 Å². The van der Waals surface area contributed by atoms with Gasteiger partial charge in [0.15, 0.2) is 6.04 Å². The third kappa shape index (κ3) is 3.63. The quantitative estimate of drug-likeness (QED) is 0.621. The van der Waals surface area contributed by atoms with Crippen LogP contribution in [-0.4, -0.2) is 38.3 Å². The van der Waals surface area contributed by atoms with Gasteiger partial charge in [-0.15, -0.1) is 0 Å². The normalized spacial score (nSPS) is 23.5. The lowest BCUT2D eigenvalue weighted by Crippen LogP contribution is -2.40. The Balaban J connectivity index is 1.51. The summed E-state index contributed by atoms with van der Waals surface area (Å²) in [6, 6.07) is 4.24. The number of nitrogens with zero attached hydrogens (tertiary/aromatic N) is 4. The number of anilines is 1. The smallest absolute Gasteiger partial charge is 0.410 e. The zero-order chi connectivity index (χ0) is 22.3. The number of carbonyl (C=O) groups is 1. The number of alkyl halides is 3. The van der Waals surface area contributed by atoms with Crippen molar-refractivity contribution in [2.24, 2.45) is 0 Å². The van der Waals surface area contributed by atoms with Crippen molar-refractivity contribution in [2.45, 2.75) is 50.0 Å². The number of rotatable bonds is 3. The summed E-state index contributed by atoms with van der Waals surface area (Å²) in [6.45, 7) is 0.521. The van der Waals surface area contributed by atoms with Gasteiger partial charge in [-0.05, 0) is 43.0 Å². The number of likely N-dealkylation sites (tertiary alicyclic amines) is 1. The fourth-order valence-corrected chi connectivity index (χ4v) is 4.64. The van der Waals surface area contributed by atoms with Crippen LogP contribution < -0.4 is 5.32 Å². The molecule has 1 saturated heterocycles. The molecule has 3 aromatic heterocycles. The highest BCUT2D eigenvalue weighted by molar-refractivity contribution is 5.99.